The van der Waals surface area contributed by atoms with Crippen LogP contribution in [0.5, 0.6) is 0 Å². The predicted octanol–water partition coefficient (Wildman–Crippen LogP) is 0.915. The van der Waals surface area contributed by atoms with Crippen LogP contribution in [0.4, 0.5) is 5.69 Å². The molecule has 110 valence electrons. The molecule has 1 aliphatic heterocycles. The molecule has 0 bridgehead atoms. The van der Waals surface area contributed by atoms with E-state index < -0.39 is 0 Å². The number of carbonyl (C=O) groups excluding carboxylic acids is 1. The molecule has 0 spiro atoms. The maximum atomic E-state index is 11.7. The van der Waals surface area contributed by atoms with Crippen molar-refractivity contribution < 1.29 is 9.90 Å². The van der Waals surface area contributed by atoms with Crippen LogP contribution < -0.4 is 10.6 Å². The summed E-state index contributed by atoms with van der Waals surface area (Å²) in [7, 11) is 2.14. The number of amides is 1. The number of carbonyl (C=O) groups is 1. The van der Waals surface area contributed by atoms with E-state index in [-0.39, 0.29) is 19.1 Å². The van der Waals surface area contributed by atoms with Crippen LogP contribution in [0.2, 0.25) is 0 Å². The molecule has 5 heteroatoms. The average molecular weight is 277 g/mol. The largest absolute Gasteiger partial charge is 0.395 e. The van der Waals surface area contributed by atoms with Crippen molar-refractivity contribution in [2.45, 2.75) is 18.9 Å². The van der Waals surface area contributed by atoms with E-state index in [4.69, 9.17) is 5.11 Å². The van der Waals surface area contributed by atoms with Crippen molar-refractivity contribution in [3.05, 3.63) is 29.8 Å². The summed E-state index contributed by atoms with van der Waals surface area (Å²) in [5.41, 5.74) is 1.66. The van der Waals surface area contributed by atoms with Gasteiger partial charge in [-0.15, -0.1) is 0 Å². The summed E-state index contributed by atoms with van der Waals surface area (Å²) in [4.78, 5) is 14.0. The van der Waals surface area contributed by atoms with Crippen LogP contribution in [0.25, 0.3) is 0 Å². The fraction of sp³-hybridized carbons (Fsp3) is 0.533. The van der Waals surface area contributed by atoms with Gasteiger partial charge in [0.1, 0.15) is 0 Å². The monoisotopic (exact) mass is 277 g/mol. The van der Waals surface area contributed by atoms with Gasteiger partial charge in [-0.3, -0.25) is 4.79 Å². The Hall–Kier alpha value is -1.59. The van der Waals surface area contributed by atoms with E-state index in [0.29, 0.717) is 11.6 Å². The first kappa shape index (κ1) is 14.8. The zero-order valence-corrected chi connectivity index (χ0v) is 11.9. The Balaban J connectivity index is 1.89. The highest BCUT2D eigenvalue weighted by Crippen LogP contribution is 2.16. The van der Waals surface area contributed by atoms with E-state index >= 15 is 0 Å². The fourth-order valence-electron chi connectivity index (χ4n) is 2.51. The van der Waals surface area contributed by atoms with Gasteiger partial charge in [-0.1, -0.05) is 0 Å². The number of rotatable bonds is 5. The van der Waals surface area contributed by atoms with Gasteiger partial charge in [-0.25, -0.2) is 0 Å². The van der Waals surface area contributed by atoms with Crippen LogP contribution in [0, 0.1) is 0 Å². The Kier molecular flexibility index (Phi) is 5.38. The molecule has 1 saturated heterocycles. The average Bonchev–Trinajstić information content (AvgIpc) is 2.45. The van der Waals surface area contributed by atoms with Crippen molar-refractivity contribution in [2.75, 3.05) is 38.6 Å². The number of nitrogens with zero attached hydrogens (tertiary/aromatic N) is 1. The number of anilines is 1. The van der Waals surface area contributed by atoms with Gasteiger partial charge in [0.05, 0.1) is 6.61 Å². The number of piperidine rings is 1. The maximum absolute atomic E-state index is 11.7. The second-order valence-electron chi connectivity index (χ2n) is 5.30. The van der Waals surface area contributed by atoms with Crippen LogP contribution in [0.3, 0.4) is 0 Å². The summed E-state index contributed by atoms with van der Waals surface area (Å²) < 4.78 is 0. The molecule has 1 aromatic carbocycles. The minimum atomic E-state index is -0.150. The molecule has 0 radical (unpaired) electrons. The molecule has 0 aromatic heterocycles. The summed E-state index contributed by atoms with van der Waals surface area (Å²) in [6, 6.07) is 7.96. The fourth-order valence-corrected chi connectivity index (χ4v) is 2.51. The molecule has 1 fully saturated rings. The second kappa shape index (κ2) is 7.26. The lowest BCUT2D eigenvalue weighted by Crippen LogP contribution is -2.39. The van der Waals surface area contributed by atoms with Crippen LogP contribution in [0.1, 0.15) is 23.2 Å². The van der Waals surface area contributed by atoms with Gasteiger partial charge in [0.2, 0.25) is 0 Å². The van der Waals surface area contributed by atoms with Crippen molar-refractivity contribution in [3.63, 3.8) is 0 Å². The van der Waals surface area contributed by atoms with E-state index in [2.05, 4.69) is 22.6 Å². The van der Waals surface area contributed by atoms with E-state index in [1.54, 1.807) is 0 Å². The number of aliphatic hydroxyl groups excluding tert-OH is 1. The lowest BCUT2D eigenvalue weighted by atomic mass is 10.1. The lowest BCUT2D eigenvalue weighted by Gasteiger charge is -2.30. The minimum Gasteiger partial charge on any atom is -0.395 e. The van der Waals surface area contributed by atoms with Crippen molar-refractivity contribution in [3.8, 4) is 0 Å². The van der Waals surface area contributed by atoms with Gasteiger partial charge < -0.3 is 20.6 Å². The molecule has 0 aliphatic carbocycles. The van der Waals surface area contributed by atoms with Crippen molar-refractivity contribution in [1.82, 2.24) is 10.2 Å². The molecule has 1 aliphatic rings. The first-order valence-corrected chi connectivity index (χ1v) is 7.13. The Bertz CT molecular complexity index is 433. The lowest BCUT2D eigenvalue weighted by molar-refractivity contribution is 0.0945. The van der Waals surface area contributed by atoms with Gasteiger partial charge in [0.25, 0.3) is 5.91 Å². The summed E-state index contributed by atoms with van der Waals surface area (Å²) in [5.74, 6) is -0.150. The summed E-state index contributed by atoms with van der Waals surface area (Å²) in [5, 5.41) is 14.8. The smallest absolute Gasteiger partial charge is 0.251 e. The van der Waals surface area contributed by atoms with E-state index in [0.717, 1.165) is 12.2 Å². The topological polar surface area (TPSA) is 64.6 Å². The Morgan fingerprint density at radius 1 is 1.40 bits per heavy atom. The Labute approximate surface area is 120 Å². The standard InChI is InChI=1S/C15H23N3O2/c1-18-9-2-3-14(11-18)17-13-6-4-12(5-7-13)15(20)16-8-10-19/h4-7,14,17,19H,2-3,8-11H2,1H3,(H,16,20). The van der Waals surface area contributed by atoms with Crippen LogP contribution >= 0.6 is 0 Å². The number of aliphatic hydroxyl groups is 1. The molecule has 1 heterocycles. The van der Waals surface area contributed by atoms with Gasteiger partial charge in [-0.2, -0.15) is 0 Å². The summed E-state index contributed by atoms with van der Waals surface area (Å²) in [6.07, 6.45) is 2.40. The molecule has 1 amide bonds. The molecule has 20 heavy (non-hydrogen) atoms. The molecular weight excluding hydrogens is 254 g/mol. The summed E-state index contributed by atoms with van der Waals surface area (Å²) >= 11 is 0. The highest BCUT2D eigenvalue weighted by atomic mass is 16.3. The van der Waals surface area contributed by atoms with Gasteiger partial charge >= 0.3 is 0 Å². The number of hydrogen-bond acceptors (Lipinski definition) is 4. The van der Waals surface area contributed by atoms with E-state index in [1.165, 1.54) is 19.4 Å². The van der Waals surface area contributed by atoms with Gasteiger partial charge in [0, 0.05) is 30.4 Å². The molecule has 3 N–H and O–H groups in total. The molecule has 1 aromatic rings. The van der Waals surface area contributed by atoms with Crippen molar-refractivity contribution >= 4 is 11.6 Å². The SMILES string of the molecule is CN1CCCC(Nc2ccc(C(=O)NCCO)cc2)C1. The molecule has 0 saturated carbocycles. The third-order valence-electron chi connectivity index (χ3n) is 3.54. The normalized spacial score (nSPS) is 19.6. The van der Waals surface area contributed by atoms with Crippen molar-refractivity contribution in [1.29, 1.82) is 0 Å². The molecule has 2 rings (SSSR count). The molecule has 1 atom stereocenters. The molecule has 1 unspecified atom stereocenters. The highest BCUT2D eigenvalue weighted by Gasteiger charge is 2.16. The quantitative estimate of drug-likeness (QED) is 0.749. The minimum absolute atomic E-state index is 0.0411. The third-order valence-corrected chi connectivity index (χ3v) is 3.54. The molecule has 5 nitrogen and oxygen atoms in total. The number of likely N-dealkylation sites (N-methyl/N-ethyl adjacent to an activating group) is 1. The molecular formula is C15H23N3O2. The van der Waals surface area contributed by atoms with Gasteiger partial charge in [-0.05, 0) is 50.7 Å². The number of likely N-dealkylation sites (tertiary alicyclic amines) is 1. The third kappa shape index (κ3) is 4.21. The Morgan fingerprint density at radius 3 is 2.80 bits per heavy atom. The highest BCUT2D eigenvalue weighted by molar-refractivity contribution is 5.94. The maximum Gasteiger partial charge on any atom is 0.251 e. The van der Waals surface area contributed by atoms with E-state index in [1.807, 2.05) is 24.3 Å². The Morgan fingerprint density at radius 2 is 2.15 bits per heavy atom. The zero-order valence-electron chi connectivity index (χ0n) is 11.9. The number of nitrogens with one attached hydrogen (secondary N) is 2. The predicted molar refractivity (Wildman–Crippen MR) is 80.0 cm³/mol. The second-order valence-corrected chi connectivity index (χ2v) is 5.30. The number of benzene rings is 1. The van der Waals surface area contributed by atoms with Crippen molar-refractivity contribution in [2.24, 2.45) is 0 Å². The van der Waals surface area contributed by atoms with Crippen LogP contribution in [0.15, 0.2) is 24.3 Å². The van der Waals surface area contributed by atoms with Gasteiger partial charge in [0.15, 0.2) is 0 Å². The zero-order chi connectivity index (χ0) is 14.4. The van der Waals surface area contributed by atoms with Crippen LogP contribution in [-0.2, 0) is 0 Å². The first-order valence-electron chi connectivity index (χ1n) is 7.13. The summed E-state index contributed by atoms with van der Waals surface area (Å²) in [6.45, 7) is 2.47. The first-order chi connectivity index (χ1) is 9.69. The van der Waals surface area contributed by atoms with Crippen LogP contribution in [-0.4, -0.2) is 55.2 Å². The van der Waals surface area contributed by atoms with E-state index in [9.17, 15) is 4.79 Å². The number of hydrogen-bond donors (Lipinski definition) is 3.